The summed E-state index contributed by atoms with van der Waals surface area (Å²) in [5.41, 5.74) is -1.18. The van der Waals surface area contributed by atoms with E-state index in [0.717, 1.165) is 0 Å². The lowest BCUT2D eigenvalue weighted by molar-refractivity contribution is -0.159. The van der Waals surface area contributed by atoms with Crippen LogP contribution >= 0.6 is 0 Å². The van der Waals surface area contributed by atoms with Crippen molar-refractivity contribution in [1.82, 2.24) is 0 Å². The van der Waals surface area contributed by atoms with Crippen LogP contribution in [0.2, 0.25) is 0 Å². The Balaban J connectivity index is 2.07. The van der Waals surface area contributed by atoms with E-state index in [2.05, 4.69) is 5.32 Å². The highest BCUT2D eigenvalue weighted by Gasteiger charge is 2.67. The van der Waals surface area contributed by atoms with Gasteiger partial charge in [-0.15, -0.1) is 0 Å². The van der Waals surface area contributed by atoms with Crippen molar-refractivity contribution in [3.63, 3.8) is 0 Å². The van der Waals surface area contributed by atoms with Gasteiger partial charge >= 0.3 is 6.18 Å². The molecule has 0 aliphatic heterocycles. The van der Waals surface area contributed by atoms with Crippen LogP contribution in [0.3, 0.4) is 0 Å². The quantitative estimate of drug-likeness (QED) is 0.869. The first-order chi connectivity index (χ1) is 10.9. The summed E-state index contributed by atoms with van der Waals surface area (Å²) in [5.74, 6) is -2.36. The number of sulfone groups is 1. The Morgan fingerprint density at radius 2 is 1.83 bits per heavy atom. The van der Waals surface area contributed by atoms with Crippen LogP contribution in [0.5, 0.6) is 0 Å². The Kier molecular flexibility index (Phi) is 4.74. The van der Waals surface area contributed by atoms with Gasteiger partial charge in [-0.05, 0) is 36.6 Å². The molecule has 0 spiro atoms. The number of anilines is 1. The number of hydrogen-bond donors (Lipinski definition) is 1. The van der Waals surface area contributed by atoms with Crippen molar-refractivity contribution in [2.75, 3.05) is 11.1 Å². The lowest BCUT2D eigenvalue weighted by Crippen LogP contribution is -2.27. The molecule has 2 rings (SSSR count). The number of rotatable bonds is 5. The lowest BCUT2D eigenvalue weighted by Gasteiger charge is -2.14. The minimum Gasteiger partial charge on any atom is -0.326 e. The molecule has 24 heavy (non-hydrogen) atoms. The Bertz CT molecular complexity index is 726. The first-order valence-electron chi connectivity index (χ1n) is 7.57. The molecule has 1 aliphatic rings. The smallest absolute Gasteiger partial charge is 0.326 e. The van der Waals surface area contributed by atoms with Crippen molar-refractivity contribution < 1.29 is 26.4 Å². The van der Waals surface area contributed by atoms with Gasteiger partial charge in [0.05, 0.1) is 22.0 Å². The van der Waals surface area contributed by atoms with Gasteiger partial charge in [-0.25, -0.2) is 8.42 Å². The average Bonchev–Trinajstić information content (AvgIpc) is 3.12. The summed E-state index contributed by atoms with van der Waals surface area (Å²) in [6.07, 6.45) is -4.62. The van der Waals surface area contributed by atoms with Gasteiger partial charge in [-0.2, -0.15) is 13.2 Å². The summed E-state index contributed by atoms with van der Waals surface area (Å²) in [7, 11) is -3.41. The number of benzene rings is 1. The Morgan fingerprint density at radius 3 is 2.25 bits per heavy atom. The van der Waals surface area contributed by atoms with E-state index in [4.69, 9.17) is 0 Å². The van der Waals surface area contributed by atoms with Crippen LogP contribution < -0.4 is 5.32 Å². The van der Waals surface area contributed by atoms with E-state index in [1.807, 2.05) is 0 Å². The molecule has 0 heterocycles. The van der Waals surface area contributed by atoms with Crippen LogP contribution in [0, 0.1) is 17.3 Å². The molecule has 1 aliphatic carbocycles. The molecule has 0 aromatic heterocycles. The fourth-order valence-electron chi connectivity index (χ4n) is 2.65. The molecular weight excluding hydrogens is 343 g/mol. The van der Waals surface area contributed by atoms with Gasteiger partial charge in [0.2, 0.25) is 5.91 Å². The van der Waals surface area contributed by atoms with Gasteiger partial charge in [-0.1, -0.05) is 20.8 Å². The van der Waals surface area contributed by atoms with Gasteiger partial charge in [-0.3, -0.25) is 4.79 Å². The van der Waals surface area contributed by atoms with Crippen molar-refractivity contribution >= 4 is 21.4 Å². The number of halogens is 3. The lowest BCUT2D eigenvalue weighted by atomic mass is 10.1. The molecule has 1 saturated carbocycles. The predicted octanol–water partition coefficient (Wildman–Crippen LogP) is 3.64. The molecule has 1 N–H and O–H groups in total. The number of hydrogen-bond acceptors (Lipinski definition) is 3. The van der Waals surface area contributed by atoms with Crippen LogP contribution in [0.25, 0.3) is 0 Å². The topological polar surface area (TPSA) is 63.2 Å². The molecule has 1 fully saturated rings. The van der Waals surface area contributed by atoms with Gasteiger partial charge in [0, 0.05) is 5.69 Å². The third kappa shape index (κ3) is 3.91. The Morgan fingerprint density at radius 1 is 1.29 bits per heavy atom. The third-order valence-corrected chi connectivity index (χ3v) is 6.27. The molecule has 2 atom stereocenters. The average molecular weight is 363 g/mol. The van der Waals surface area contributed by atoms with E-state index in [-0.39, 0.29) is 28.7 Å². The fourth-order valence-corrected chi connectivity index (χ4v) is 4.27. The molecule has 0 saturated heterocycles. The molecule has 2 unspecified atom stereocenters. The van der Waals surface area contributed by atoms with E-state index in [1.54, 1.807) is 13.8 Å². The number of nitrogens with one attached hydrogen (secondary N) is 1. The monoisotopic (exact) mass is 363 g/mol. The Labute approximate surface area is 139 Å². The second kappa shape index (κ2) is 6.06. The van der Waals surface area contributed by atoms with Crippen LogP contribution in [-0.4, -0.2) is 26.3 Å². The summed E-state index contributed by atoms with van der Waals surface area (Å²) in [6.45, 7) is 4.86. The number of carbonyl (C=O) groups is 1. The first-order valence-corrected chi connectivity index (χ1v) is 9.22. The standard InChI is InChI=1S/C16H20F3NO3S/c1-10(2)9-24(22,23)12-6-4-11(5-7-12)20-14(21)15(3)8-13(15)16(17,18)19/h4-7,10,13H,8-9H2,1-3H3,(H,20,21). The van der Waals surface area contributed by atoms with Gasteiger partial charge in [0.15, 0.2) is 9.84 Å². The largest absolute Gasteiger partial charge is 0.392 e. The van der Waals surface area contributed by atoms with Crippen LogP contribution in [0.15, 0.2) is 29.2 Å². The van der Waals surface area contributed by atoms with Crippen molar-refractivity contribution in [3.8, 4) is 0 Å². The molecule has 0 radical (unpaired) electrons. The maximum Gasteiger partial charge on any atom is 0.392 e. The number of amides is 1. The van der Waals surface area contributed by atoms with E-state index in [1.165, 1.54) is 31.2 Å². The second-order valence-corrected chi connectivity index (χ2v) is 8.90. The minimum atomic E-state index is -4.39. The molecule has 0 bridgehead atoms. The molecule has 1 amide bonds. The molecular formula is C16H20F3NO3S. The molecule has 1 aromatic carbocycles. The van der Waals surface area contributed by atoms with Crippen molar-refractivity contribution in [2.45, 2.75) is 38.3 Å². The van der Waals surface area contributed by atoms with Crippen LogP contribution in [0.4, 0.5) is 18.9 Å². The maximum atomic E-state index is 12.7. The maximum absolute atomic E-state index is 12.7. The van der Waals surface area contributed by atoms with Gasteiger partial charge in [0.1, 0.15) is 0 Å². The highest BCUT2D eigenvalue weighted by atomic mass is 32.2. The predicted molar refractivity (Wildman–Crippen MR) is 84.2 cm³/mol. The Hall–Kier alpha value is -1.57. The molecule has 134 valence electrons. The molecule has 4 nitrogen and oxygen atoms in total. The SMILES string of the molecule is CC(C)CS(=O)(=O)c1ccc(NC(=O)C2(C)CC2C(F)(F)F)cc1. The van der Waals surface area contributed by atoms with E-state index < -0.39 is 33.3 Å². The van der Waals surface area contributed by atoms with Crippen molar-refractivity contribution in [3.05, 3.63) is 24.3 Å². The summed E-state index contributed by atoms with van der Waals surface area (Å²) in [5, 5.41) is 2.43. The van der Waals surface area contributed by atoms with Gasteiger partial charge in [0.25, 0.3) is 0 Å². The minimum absolute atomic E-state index is 0.00401. The first kappa shape index (κ1) is 18.8. The van der Waals surface area contributed by atoms with Crippen molar-refractivity contribution in [1.29, 1.82) is 0 Å². The zero-order valence-corrected chi connectivity index (χ0v) is 14.5. The number of alkyl halides is 3. The molecule has 8 heteroatoms. The summed E-state index contributed by atoms with van der Waals surface area (Å²) >= 11 is 0. The second-order valence-electron chi connectivity index (χ2n) is 6.87. The fraction of sp³-hybridized carbons (Fsp3) is 0.562. The van der Waals surface area contributed by atoms with E-state index >= 15 is 0 Å². The highest BCUT2D eigenvalue weighted by molar-refractivity contribution is 7.91. The van der Waals surface area contributed by atoms with Gasteiger partial charge < -0.3 is 5.32 Å². The molecule has 1 aromatic rings. The van der Waals surface area contributed by atoms with Crippen LogP contribution in [-0.2, 0) is 14.6 Å². The van der Waals surface area contributed by atoms with Crippen molar-refractivity contribution in [2.24, 2.45) is 17.3 Å². The zero-order chi connectivity index (χ0) is 18.3. The highest BCUT2D eigenvalue weighted by Crippen LogP contribution is 2.60. The number of carbonyl (C=O) groups excluding carboxylic acids is 1. The zero-order valence-electron chi connectivity index (χ0n) is 13.6. The van der Waals surface area contributed by atoms with Crippen LogP contribution in [0.1, 0.15) is 27.2 Å². The third-order valence-electron chi connectivity index (χ3n) is 4.18. The summed E-state index contributed by atoms with van der Waals surface area (Å²) in [6, 6.07) is 5.48. The summed E-state index contributed by atoms with van der Waals surface area (Å²) in [4.78, 5) is 12.2. The summed E-state index contributed by atoms with van der Waals surface area (Å²) < 4.78 is 62.2. The normalized spacial score (nSPS) is 24.0. The van der Waals surface area contributed by atoms with E-state index in [9.17, 15) is 26.4 Å². The van der Waals surface area contributed by atoms with E-state index in [0.29, 0.717) is 0 Å².